The Hall–Kier alpha value is -3.05. The topological polar surface area (TPSA) is 104 Å². The normalized spacial score (nSPS) is 11.4. The van der Waals surface area contributed by atoms with Crippen LogP contribution in [-0.2, 0) is 17.6 Å². The predicted molar refractivity (Wildman–Crippen MR) is 92.4 cm³/mol. The van der Waals surface area contributed by atoms with Gasteiger partial charge in [0.15, 0.2) is 0 Å². The fourth-order valence-electron chi connectivity index (χ4n) is 2.29. The first-order valence-electron chi connectivity index (χ1n) is 7.42. The average Bonchev–Trinajstić information content (AvgIpc) is 3.03. The number of nitrogens with one attached hydrogen (secondary N) is 2. The highest BCUT2D eigenvalue weighted by Crippen LogP contribution is 2.30. The van der Waals surface area contributed by atoms with Crippen LogP contribution in [-0.4, -0.2) is 27.4 Å². The summed E-state index contributed by atoms with van der Waals surface area (Å²) in [6, 6.07) is 6.43. The number of carbonyl (C=O) groups is 2. The lowest BCUT2D eigenvalue weighted by molar-refractivity contribution is -0.141. The van der Waals surface area contributed by atoms with Crippen LogP contribution in [0.15, 0.2) is 30.3 Å². The van der Waals surface area contributed by atoms with E-state index >= 15 is 0 Å². The number of nitrogens with zero attached hydrogens (tertiary/aromatic N) is 2. The van der Waals surface area contributed by atoms with Crippen LogP contribution < -0.4 is 10.6 Å². The van der Waals surface area contributed by atoms with Gasteiger partial charge in [-0.25, -0.2) is 9.97 Å². The van der Waals surface area contributed by atoms with Gasteiger partial charge in [-0.2, -0.15) is 13.2 Å². The minimum Gasteiger partial charge on any atom is -0.389 e. The lowest BCUT2D eigenvalue weighted by Gasteiger charge is -2.12. The first kappa shape index (κ1) is 18.7. The number of benzene rings is 1. The zero-order valence-electron chi connectivity index (χ0n) is 13.4. The van der Waals surface area contributed by atoms with Gasteiger partial charge < -0.3 is 15.7 Å². The zero-order chi connectivity index (χ0) is 19.6. The maximum atomic E-state index is 12.8. The Morgan fingerprint density at radius 2 is 2.00 bits per heavy atom. The summed E-state index contributed by atoms with van der Waals surface area (Å²) >= 11 is 1.29. The monoisotopic (exact) mass is 396 g/mol. The van der Waals surface area contributed by atoms with Gasteiger partial charge in [0.05, 0.1) is 22.4 Å². The minimum absolute atomic E-state index is 0.136. The number of fused-ring (bicyclic) bond motifs is 1. The molecule has 0 spiro atoms. The highest BCUT2D eigenvalue weighted by atomic mass is 32.1. The van der Waals surface area contributed by atoms with Crippen molar-refractivity contribution in [2.24, 2.45) is 0 Å². The number of alkyl halides is 3. The molecule has 0 saturated carbocycles. The number of hydrogen-bond donors (Lipinski definition) is 3. The Bertz CT molecular complexity index is 1020. The van der Waals surface area contributed by atoms with E-state index in [1.807, 2.05) is 5.32 Å². The molecule has 3 rings (SSSR count). The number of aromatic nitrogens is 2. The first-order chi connectivity index (χ1) is 12.8. The van der Waals surface area contributed by atoms with Gasteiger partial charge in [0.2, 0.25) is 6.41 Å². The molecular formula is C16H11F3N4O3S. The summed E-state index contributed by atoms with van der Waals surface area (Å²) in [4.78, 5) is 30.5. The van der Waals surface area contributed by atoms with Gasteiger partial charge in [0.25, 0.3) is 5.91 Å². The molecule has 0 aliphatic heterocycles. The number of halogens is 3. The van der Waals surface area contributed by atoms with E-state index in [9.17, 15) is 22.8 Å². The van der Waals surface area contributed by atoms with Crippen molar-refractivity contribution in [2.75, 3.05) is 10.6 Å². The standard InChI is InChI=1S/C16H11F3N4O3S/c17-16(18,19)12-4-2-9(14(23-12)20-7-25)15(26)21-8-1-3-11-10(5-8)22-13(6-24)27-11/h1-5,7,24H,6H2,(H,21,26)(H,20,23,25). The van der Waals surface area contributed by atoms with Gasteiger partial charge in [-0.1, -0.05) is 0 Å². The third kappa shape index (κ3) is 4.04. The highest BCUT2D eigenvalue weighted by Gasteiger charge is 2.33. The summed E-state index contributed by atoms with van der Waals surface area (Å²) in [5.41, 5.74) is -0.564. The zero-order valence-corrected chi connectivity index (χ0v) is 14.2. The number of rotatable bonds is 5. The molecule has 0 aliphatic carbocycles. The third-order valence-electron chi connectivity index (χ3n) is 3.45. The number of carbonyl (C=O) groups excluding carboxylic acids is 2. The molecule has 1 aromatic carbocycles. The van der Waals surface area contributed by atoms with Crippen LogP contribution >= 0.6 is 11.3 Å². The van der Waals surface area contributed by atoms with Crippen LogP contribution in [0.2, 0.25) is 0 Å². The van der Waals surface area contributed by atoms with Gasteiger partial charge in [-0.05, 0) is 30.3 Å². The number of aliphatic hydroxyl groups excluding tert-OH is 1. The van der Waals surface area contributed by atoms with Crippen LogP contribution in [0.5, 0.6) is 0 Å². The Labute approximate surface area is 153 Å². The highest BCUT2D eigenvalue weighted by molar-refractivity contribution is 7.18. The number of amides is 2. The summed E-state index contributed by atoms with van der Waals surface area (Å²) in [6.07, 6.45) is -4.58. The summed E-state index contributed by atoms with van der Waals surface area (Å²) in [7, 11) is 0. The molecule has 140 valence electrons. The molecule has 0 radical (unpaired) electrons. The first-order valence-corrected chi connectivity index (χ1v) is 8.23. The van der Waals surface area contributed by atoms with Crippen LogP contribution in [0.25, 0.3) is 10.2 Å². The van der Waals surface area contributed by atoms with Gasteiger partial charge in [-0.15, -0.1) is 11.3 Å². The molecule has 2 heterocycles. The maximum absolute atomic E-state index is 12.8. The van der Waals surface area contributed by atoms with Crippen LogP contribution in [0, 0.1) is 0 Å². The van der Waals surface area contributed by atoms with E-state index < -0.39 is 23.6 Å². The van der Waals surface area contributed by atoms with E-state index in [1.54, 1.807) is 18.2 Å². The fraction of sp³-hybridized carbons (Fsp3) is 0.125. The Kier molecular flexibility index (Phi) is 5.06. The SMILES string of the molecule is O=CNc1nc(C(F)(F)F)ccc1C(=O)Nc1ccc2sc(CO)nc2c1. The van der Waals surface area contributed by atoms with Gasteiger partial charge >= 0.3 is 6.18 Å². The van der Waals surface area contributed by atoms with Crippen LogP contribution in [0.4, 0.5) is 24.7 Å². The fourth-order valence-corrected chi connectivity index (χ4v) is 3.09. The van der Waals surface area contributed by atoms with E-state index in [1.165, 1.54) is 11.3 Å². The summed E-state index contributed by atoms with van der Waals surface area (Å²) < 4.78 is 39.1. The van der Waals surface area contributed by atoms with Crippen molar-refractivity contribution in [3.8, 4) is 0 Å². The molecule has 0 fully saturated rings. The van der Waals surface area contributed by atoms with Crippen LogP contribution in [0.1, 0.15) is 21.1 Å². The van der Waals surface area contributed by atoms with E-state index in [0.717, 1.165) is 10.8 Å². The van der Waals surface area contributed by atoms with Crippen molar-refractivity contribution < 1.29 is 27.9 Å². The molecule has 27 heavy (non-hydrogen) atoms. The number of anilines is 2. The molecule has 3 N–H and O–H groups in total. The van der Waals surface area contributed by atoms with Crippen LogP contribution in [0.3, 0.4) is 0 Å². The van der Waals surface area contributed by atoms with Crippen molar-refractivity contribution in [3.05, 3.63) is 46.6 Å². The second-order valence-electron chi connectivity index (χ2n) is 5.25. The van der Waals surface area contributed by atoms with Gasteiger partial charge in [-0.3, -0.25) is 9.59 Å². The Morgan fingerprint density at radius 1 is 1.22 bits per heavy atom. The summed E-state index contributed by atoms with van der Waals surface area (Å²) in [6.45, 7) is -0.209. The van der Waals surface area contributed by atoms with Gasteiger partial charge in [0, 0.05) is 5.69 Å². The third-order valence-corrected chi connectivity index (χ3v) is 4.47. The largest absolute Gasteiger partial charge is 0.433 e. The molecule has 7 nitrogen and oxygen atoms in total. The molecule has 2 amide bonds. The second kappa shape index (κ2) is 7.29. The molecule has 2 aromatic heterocycles. The molecule has 0 aliphatic rings. The predicted octanol–water partition coefficient (Wildman–Crippen LogP) is 3.02. The number of aliphatic hydroxyl groups is 1. The van der Waals surface area contributed by atoms with Crippen molar-refractivity contribution in [1.82, 2.24) is 9.97 Å². The molecule has 0 unspecified atom stereocenters. The van der Waals surface area contributed by atoms with E-state index in [4.69, 9.17) is 5.11 Å². The smallest absolute Gasteiger partial charge is 0.389 e. The van der Waals surface area contributed by atoms with Crippen molar-refractivity contribution in [2.45, 2.75) is 12.8 Å². The Morgan fingerprint density at radius 3 is 2.67 bits per heavy atom. The van der Waals surface area contributed by atoms with E-state index in [-0.39, 0.29) is 18.6 Å². The second-order valence-corrected chi connectivity index (χ2v) is 6.37. The lowest BCUT2D eigenvalue weighted by Crippen LogP contribution is -2.18. The maximum Gasteiger partial charge on any atom is 0.433 e. The van der Waals surface area contributed by atoms with E-state index in [0.29, 0.717) is 22.3 Å². The van der Waals surface area contributed by atoms with Crippen molar-refractivity contribution in [1.29, 1.82) is 0 Å². The number of pyridine rings is 1. The van der Waals surface area contributed by atoms with Gasteiger partial charge in [0.1, 0.15) is 16.5 Å². The van der Waals surface area contributed by atoms with Crippen molar-refractivity contribution >= 4 is 45.4 Å². The lowest BCUT2D eigenvalue weighted by atomic mass is 10.2. The molecule has 11 heteroatoms. The molecule has 3 aromatic rings. The number of thiazole rings is 1. The number of hydrogen-bond acceptors (Lipinski definition) is 6. The minimum atomic E-state index is -4.71. The summed E-state index contributed by atoms with van der Waals surface area (Å²) in [5, 5.41) is 14.2. The average molecular weight is 396 g/mol. The quantitative estimate of drug-likeness (QED) is 0.575. The Balaban J connectivity index is 1.90. The molecule has 0 bridgehead atoms. The molecule has 0 atom stereocenters. The molecular weight excluding hydrogens is 385 g/mol. The van der Waals surface area contributed by atoms with E-state index in [2.05, 4.69) is 15.3 Å². The summed E-state index contributed by atoms with van der Waals surface area (Å²) in [5.74, 6) is -1.26. The van der Waals surface area contributed by atoms with Crippen molar-refractivity contribution in [3.63, 3.8) is 0 Å². The molecule has 0 saturated heterocycles.